The van der Waals surface area contributed by atoms with Crippen LogP contribution in [0.3, 0.4) is 0 Å². The first-order valence-corrected chi connectivity index (χ1v) is 24.5. The Hall–Kier alpha value is -4.34. The fourth-order valence-electron chi connectivity index (χ4n) is 7.22. The highest BCUT2D eigenvalue weighted by Crippen LogP contribution is 2.24. The van der Waals surface area contributed by atoms with E-state index >= 15 is 0 Å². The van der Waals surface area contributed by atoms with Crippen molar-refractivity contribution in [1.82, 2.24) is 0 Å². The fraction of sp³-hybridized carbons (Fsp3) is 0.654. The van der Waals surface area contributed by atoms with Gasteiger partial charge < -0.3 is 14.4 Å². The van der Waals surface area contributed by atoms with Gasteiger partial charge in [0.1, 0.15) is 13.2 Å². The van der Waals surface area contributed by atoms with Crippen LogP contribution in [0.1, 0.15) is 194 Å². The SMILES string of the molecule is CCCCCCCC/C=C\CCCCCCCC(=O)OCCN(CCOC(=O)CCCCCCC/C=C\CCCCCCCC)c1ccc(N=Nc2ccc([N+](=O)[O-])cc2)cc1. The van der Waals surface area contributed by atoms with E-state index in [1.807, 2.05) is 29.2 Å². The van der Waals surface area contributed by atoms with Crippen LogP contribution in [0.2, 0.25) is 0 Å². The van der Waals surface area contributed by atoms with Crippen molar-refractivity contribution >= 4 is 34.7 Å². The number of esters is 2. The second kappa shape index (κ2) is 38.3. The maximum Gasteiger partial charge on any atom is 0.305 e. The number of anilines is 1. The van der Waals surface area contributed by atoms with E-state index in [1.165, 1.54) is 128 Å². The Bertz CT molecular complexity index is 1450. The molecular weight excluding hydrogens is 777 g/mol. The van der Waals surface area contributed by atoms with Crippen molar-refractivity contribution < 1.29 is 24.0 Å². The van der Waals surface area contributed by atoms with Crippen molar-refractivity contribution in [2.24, 2.45) is 10.2 Å². The van der Waals surface area contributed by atoms with Crippen molar-refractivity contribution in [1.29, 1.82) is 0 Å². The normalized spacial score (nSPS) is 11.6. The molecule has 0 fully saturated rings. The lowest BCUT2D eigenvalue weighted by molar-refractivity contribution is -0.384. The number of carbonyl (C=O) groups is 2. The molecular formula is C52H82N4O6. The average molecular weight is 859 g/mol. The minimum Gasteiger partial charge on any atom is -0.464 e. The highest BCUT2D eigenvalue weighted by atomic mass is 16.6. The molecule has 0 heterocycles. The standard InChI is InChI=1S/C52H82N4O6/c1-3-5-7-9-11-13-15-17-19-21-23-25-27-29-31-33-51(57)61-45-43-55(49-39-35-47(36-40-49)53-54-48-37-41-50(42-38-48)56(59)60)44-46-62-52(58)34-32-30-28-26-24-22-20-18-16-14-12-10-8-6-4-2/h17-20,35-42H,3-16,21-34,43-46H2,1-2H3/b19-17-,20-18-,54-53?. The van der Waals surface area contributed by atoms with Gasteiger partial charge in [-0.1, -0.05) is 141 Å². The molecule has 0 bridgehead atoms. The minimum atomic E-state index is -0.451. The molecule has 0 saturated heterocycles. The molecule has 0 aliphatic heterocycles. The molecule has 2 aromatic carbocycles. The maximum absolute atomic E-state index is 12.6. The molecule has 62 heavy (non-hydrogen) atoms. The molecule has 10 nitrogen and oxygen atoms in total. The molecule has 0 aliphatic rings. The maximum atomic E-state index is 12.6. The van der Waals surface area contributed by atoms with Gasteiger partial charge in [0.05, 0.1) is 29.4 Å². The highest BCUT2D eigenvalue weighted by molar-refractivity contribution is 5.69. The molecule has 2 rings (SSSR count). The lowest BCUT2D eigenvalue weighted by Crippen LogP contribution is -2.32. The van der Waals surface area contributed by atoms with Gasteiger partial charge in [-0.15, -0.1) is 0 Å². The predicted octanol–water partition coefficient (Wildman–Crippen LogP) is 16.0. The van der Waals surface area contributed by atoms with Gasteiger partial charge >= 0.3 is 11.9 Å². The molecule has 0 spiro atoms. The Morgan fingerprint density at radius 2 is 0.855 bits per heavy atom. The first kappa shape index (κ1) is 53.8. The van der Waals surface area contributed by atoms with Gasteiger partial charge in [-0.3, -0.25) is 19.7 Å². The largest absolute Gasteiger partial charge is 0.464 e. The Morgan fingerprint density at radius 1 is 0.516 bits per heavy atom. The molecule has 0 aliphatic carbocycles. The monoisotopic (exact) mass is 859 g/mol. The number of nitro benzene ring substituents is 1. The lowest BCUT2D eigenvalue weighted by Gasteiger charge is -2.24. The van der Waals surface area contributed by atoms with Crippen LogP contribution in [0.4, 0.5) is 22.7 Å². The Morgan fingerprint density at radius 3 is 1.23 bits per heavy atom. The van der Waals surface area contributed by atoms with Gasteiger partial charge in [0.25, 0.3) is 5.69 Å². The quantitative estimate of drug-likeness (QED) is 0.0163. The summed E-state index contributed by atoms with van der Waals surface area (Å²) in [5.41, 5.74) is 2.00. The third kappa shape index (κ3) is 29.8. The van der Waals surface area contributed by atoms with Gasteiger partial charge in [-0.25, -0.2) is 0 Å². The van der Waals surface area contributed by atoms with Gasteiger partial charge in [-0.05, 0) is 101 Å². The highest BCUT2D eigenvalue weighted by Gasteiger charge is 2.12. The topological polar surface area (TPSA) is 124 Å². The lowest BCUT2D eigenvalue weighted by atomic mass is 10.1. The third-order valence-electron chi connectivity index (χ3n) is 11.1. The first-order chi connectivity index (χ1) is 30.4. The Kier molecular flexibility index (Phi) is 33.3. The van der Waals surface area contributed by atoms with Crippen molar-refractivity contribution in [2.75, 3.05) is 31.2 Å². The van der Waals surface area contributed by atoms with Gasteiger partial charge in [0.15, 0.2) is 0 Å². The number of nitrogens with zero attached hydrogens (tertiary/aromatic N) is 4. The van der Waals surface area contributed by atoms with Crippen molar-refractivity contribution in [3.8, 4) is 0 Å². The number of unbranched alkanes of at least 4 members (excludes halogenated alkanes) is 22. The van der Waals surface area contributed by atoms with Crippen molar-refractivity contribution in [3.63, 3.8) is 0 Å². The summed E-state index contributed by atoms with van der Waals surface area (Å²) in [5.74, 6) is -0.369. The Labute approximate surface area is 375 Å². The number of ether oxygens (including phenoxy) is 2. The van der Waals surface area contributed by atoms with Gasteiger partial charge in [0, 0.05) is 30.7 Å². The summed E-state index contributed by atoms with van der Waals surface area (Å²) in [7, 11) is 0. The van der Waals surface area contributed by atoms with Crippen LogP contribution >= 0.6 is 0 Å². The zero-order chi connectivity index (χ0) is 44.6. The number of hydrogen-bond acceptors (Lipinski definition) is 9. The van der Waals surface area contributed by atoms with Gasteiger partial charge in [-0.2, -0.15) is 10.2 Å². The number of allylic oxidation sites excluding steroid dienone is 4. The van der Waals surface area contributed by atoms with Crippen LogP contribution in [-0.4, -0.2) is 43.2 Å². The van der Waals surface area contributed by atoms with Crippen LogP contribution in [0.15, 0.2) is 83.1 Å². The number of carbonyl (C=O) groups excluding carboxylic acids is 2. The predicted molar refractivity (Wildman–Crippen MR) is 257 cm³/mol. The molecule has 346 valence electrons. The summed E-state index contributed by atoms with van der Waals surface area (Å²) in [5, 5.41) is 19.4. The van der Waals surface area contributed by atoms with E-state index in [9.17, 15) is 19.7 Å². The van der Waals surface area contributed by atoms with E-state index in [2.05, 4.69) is 48.4 Å². The summed E-state index contributed by atoms with van der Waals surface area (Å²) < 4.78 is 11.3. The zero-order valence-corrected chi connectivity index (χ0v) is 38.8. The number of non-ortho nitro benzene ring substituents is 1. The molecule has 0 amide bonds. The van der Waals surface area contributed by atoms with E-state index in [0.717, 1.165) is 57.1 Å². The summed E-state index contributed by atoms with van der Waals surface area (Å²) in [4.78, 5) is 37.7. The van der Waals surface area contributed by atoms with Crippen LogP contribution < -0.4 is 4.90 Å². The molecule has 10 heteroatoms. The van der Waals surface area contributed by atoms with Crippen LogP contribution in [-0.2, 0) is 19.1 Å². The summed E-state index contributed by atoms with van der Waals surface area (Å²) >= 11 is 0. The van der Waals surface area contributed by atoms with Crippen molar-refractivity contribution in [2.45, 2.75) is 194 Å². The summed E-state index contributed by atoms with van der Waals surface area (Å²) in [6.07, 6.45) is 41.7. The molecule has 0 N–H and O–H groups in total. The Balaban J connectivity index is 1.70. The number of nitro groups is 1. The number of rotatable bonds is 40. The second-order valence-electron chi connectivity index (χ2n) is 16.6. The van der Waals surface area contributed by atoms with E-state index in [4.69, 9.17) is 9.47 Å². The number of hydrogen-bond donors (Lipinski definition) is 0. The number of benzene rings is 2. The molecule has 0 aromatic heterocycles. The number of azo groups is 1. The van der Waals surface area contributed by atoms with E-state index in [1.54, 1.807) is 12.1 Å². The molecule has 2 aromatic rings. The fourth-order valence-corrected chi connectivity index (χ4v) is 7.22. The summed E-state index contributed by atoms with van der Waals surface area (Å²) in [6, 6.07) is 13.4. The molecule has 0 atom stereocenters. The van der Waals surface area contributed by atoms with Crippen LogP contribution in [0.5, 0.6) is 0 Å². The smallest absolute Gasteiger partial charge is 0.305 e. The van der Waals surface area contributed by atoms with Crippen LogP contribution in [0, 0.1) is 10.1 Å². The van der Waals surface area contributed by atoms with Crippen LogP contribution in [0.25, 0.3) is 0 Å². The summed E-state index contributed by atoms with van der Waals surface area (Å²) in [6.45, 7) is 5.88. The van der Waals surface area contributed by atoms with Crippen molar-refractivity contribution in [3.05, 3.63) is 82.9 Å². The second-order valence-corrected chi connectivity index (χ2v) is 16.6. The van der Waals surface area contributed by atoms with E-state index in [0.29, 0.717) is 37.3 Å². The zero-order valence-electron chi connectivity index (χ0n) is 38.8. The third-order valence-corrected chi connectivity index (χ3v) is 11.1. The molecule has 0 saturated carbocycles. The van der Waals surface area contributed by atoms with Gasteiger partial charge in [0.2, 0.25) is 0 Å². The average Bonchev–Trinajstić information content (AvgIpc) is 3.28. The van der Waals surface area contributed by atoms with E-state index < -0.39 is 4.92 Å². The minimum absolute atomic E-state index is 0.00381. The molecule has 0 radical (unpaired) electrons. The molecule has 0 unspecified atom stereocenters. The van der Waals surface area contributed by atoms with E-state index in [-0.39, 0.29) is 30.8 Å². The first-order valence-electron chi connectivity index (χ1n) is 24.5.